The second-order valence-corrected chi connectivity index (χ2v) is 2.04. The van der Waals surface area contributed by atoms with Gasteiger partial charge in [0.25, 0.3) is 0 Å². The first-order valence-corrected chi connectivity index (χ1v) is 3.15. The van der Waals surface area contributed by atoms with Crippen molar-refractivity contribution in [1.82, 2.24) is 4.90 Å². The summed E-state index contributed by atoms with van der Waals surface area (Å²) < 4.78 is 0. The molecule has 0 radical (unpaired) electrons. The smallest absolute Gasteiger partial charge is 0.329 e. The minimum absolute atomic E-state index is 0.403. The number of carbonyl (C=O) groups is 1. The van der Waals surface area contributed by atoms with Gasteiger partial charge in [-0.2, -0.15) is 5.26 Å². The van der Waals surface area contributed by atoms with Gasteiger partial charge in [0.05, 0.1) is 12.5 Å². The van der Waals surface area contributed by atoms with E-state index in [0.29, 0.717) is 13.0 Å². The number of rotatable bonds is 4. The Morgan fingerprint density at radius 1 is 1.82 bits per heavy atom. The Morgan fingerprint density at radius 2 is 2.45 bits per heavy atom. The summed E-state index contributed by atoms with van der Waals surface area (Å²) in [6.07, 6.45) is 2.87. The average molecular weight is 154 g/mol. The maximum absolute atomic E-state index is 10.00. The Labute approximate surface area is 65.3 Å². The molecule has 0 amide bonds. The fourth-order valence-electron chi connectivity index (χ4n) is 0.492. The molecule has 0 fully saturated rings. The van der Waals surface area contributed by atoms with E-state index in [1.54, 1.807) is 11.9 Å². The lowest BCUT2D eigenvalue weighted by atomic mass is 10.4. The van der Waals surface area contributed by atoms with Gasteiger partial charge in [0.2, 0.25) is 0 Å². The second kappa shape index (κ2) is 5.30. The summed E-state index contributed by atoms with van der Waals surface area (Å²) in [5.41, 5.74) is 0. The number of carboxylic acids is 1. The molecule has 0 spiro atoms. The summed E-state index contributed by atoms with van der Waals surface area (Å²) in [4.78, 5) is 11.6. The van der Waals surface area contributed by atoms with Gasteiger partial charge in [-0.15, -0.1) is 0 Å². The van der Waals surface area contributed by atoms with Gasteiger partial charge in [0.1, 0.15) is 0 Å². The van der Waals surface area contributed by atoms with Gasteiger partial charge in [-0.3, -0.25) is 0 Å². The summed E-state index contributed by atoms with van der Waals surface area (Å²) in [6, 6.07) is 1.96. The highest BCUT2D eigenvalue weighted by Gasteiger charge is 1.90. The quantitative estimate of drug-likeness (QED) is 0.596. The maximum atomic E-state index is 10.00. The van der Waals surface area contributed by atoms with Crippen LogP contribution in [0.15, 0.2) is 12.3 Å². The van der Waals surface area contributed by atoms with Crippen molar-refractivity contribution in [2.75, 3.05) is 13.6 Å². The highest BCUT2D eigenvalue weighted by atomic mass is 16.4. The van der Waals surface area contributed by atoms with Crippen LogP contribution >= 0.6 is 0 Å². The third-order valence-electron chi connectivity index (χ3n) is 1.05. The summed E-state index contributed by atoms with van der Waals surface area (Å²) in [5, 5.41) is 16.4. The fourth-order valence-corrected chi connectivity index (χ4v) is 0.492. The number of nitriles is 1. The third kappa shape index (κ3) is 6.38. The topological polar surface area (TPSA) is 64.3 Å². The van der Waals surface area contributed by atoms with E-state index < -0.39 is 5.97 Å². The maximum Gasteiger partial charge on any atom is 0.329 e. The van der Waals surface area contributed by atoms with E-state index in [2.05, 4.69) is 0 Å². The molecule has 0 aliphatic rings. The van der Waals surface area contributed by atoms with Crippen LogP contribution in [0.5, 0.6) is 0 Å². The molecule has 0 aliphatic carbocycles. The van der Waals surface area contributed by atoms with Crippen molar-refractivity contribution in [3.63, 3.8) is 0 Å². The lowest BCUT2D eigenvalue weighted by Crippen LogP contribution is -2.12. The molecule has 0 saturated heterocycles. The van der Waals surface area contributed by atoms with Crippen LogP contribution in [0, 0.1) is 11.3 Å². The van der Waals surface area contributed by atoms with Gasteiger partial charge in [-0.1, -0.05) is 0 Å². The summed E-state index contributed by atoms with van der Waals surface area (Å²) in [5.74, 6) is -0.978. The summed E-state index contributed by atoms with van der Waals surface area (Å²) in [6.45, 7) is 0.556. The standard InChI is InChI=1S/C7H10N2O2/c1-9(5-2-4-8)6-3-7(10)11/h3,6H,2,5H2,1H3,(H,10,11)/b6-3+. The lowest BCUT2D eigenvalue weighted by molar-refractivity contribution is -0.131. The van der Waals surface area contributed by atoms with E-state index >= 15 is 0 Å². The number of aliphatic carboxylic acids is 1. The van der Waals surface area contributed by atoms with E-state index in [1.807, 2.05) is 6.07 Å². The molecule has 0 heterocycles. The number of nitrogens with zero attached hydrogens (tertiary/aromatic N) is 2. The fraction of sp³-hybridized carbons (Fsp3) is 0.429. The molecule has 0 rings (SSSR count). The highest BCUT2D eigenvalue weighted by Crippen LogP contribution is 1.86. The van der Waals surface area contributed by atoms with Gasteiger partial charge in [0.15, 0.2) is 0 Å². The monoisotopic (exact) mass is 154 g/mol. The molecule has 60 valence electrons. The van der Waals surface area contributed by atoms with Crippen molar-refractivity contribution in [1.29, 1.82) is 5.26 Å². The van der Waals surface area contributed by atoms with Crippen LogP contribution in [0.25, 0.3) is 0 Å². The molecule has 0 aromatic rings. The minimum Gasteiger partial charge on any atom is -0.478 e. The molecular weight excluding hydrogens is 144 g/mol. The van der Waals surface area contributed by atoms with Crippen molar-refractivity contribution in [3.8, 4) is 6.07 Å². The molecule has 0 aliphatic heterocycles. The van der Waals surface area contributed by atoms with E-state index in [-0.39, 0.29) is 0 Å². The van der Waals surface area contributed by atoms with Crippen LogP contribution < -0.4 is 0 Å². The molecule has 0 bridgehead atoms. The molecule has 11 heavy (non-hydrogen) atoms. The van der Waals surface area contributed by atoms with E-state index in [0.717, 1.165) is 6.08 Å². The molecule has 1 N–H and O–H groups in total. The molecule has 0 saturated carbocycles. The van der Waals surface area contributed by atoms with Crippen molar-refractivity contribution >= 4 is 5.97 Å². The van der Waals surface area contributed by atoms with E-state index in [1.165, 1.54) is 6.20 Å². The van der Waals surface area contributed by atoms with Gasteiger partial charge in [0, 0.05) is 25.9 Å². The molecule has 0 atom stereocenters. The number of carboxylic acid groups (broad SMARTS) is 1. The van der Waals surface area contributed by atoms with Gasteiger partial charge >= 0.3 is 5.97 Å². The highest BCUT2D eigenvalue weighted by molar-refractivity contribution is 5.79. The largest absolute Gasteiger partial charge is 0.478 e. The zero-order valence-corrected chi connectivity index (χ0v) is 6.32. The van der Waals surface area contributed by atoms with Gasteiger partial charge in [-0.25, -0.2) is 4.79 Å². The van der Waals surface area contributed by atoms with Crippen molar-refractivity contribution in [3.05, 3.63) is 12.3 Å². The normalized spacial score (nSPS) is 9.45. The lowest BCUT2D eigenvalue weighted by Gasteiger charge is -2.09. The Morgan fingerprint density at radius 3 is 2.91 bits per heavy atom. The average Bonchev–Trinajstić information content (AvgIpc) is 1.97. The molecule has 0 aromatic heterocycles. The van der Waals surface area contributed by atoms with Gasteiger partial charge in [-0.05, 0) is 0 Å². The number of hydrogen-bond acceptors (Lipinski definition) is 3. The van der Waals surface area contributed by atoms with Crippen molar-refractivity contribution < 1.29 is 9.90 Å². The van der Waals surface area contributed by atoms with Crippen LogP contribution in [0.3, 0.4) is 0 Å². The SMILES string of the molecule is CN(/C=C/C(=O)O)CCC#N. The Kier molecular flexibility index (Phi) is 4.58. The molecule has 4 nitrogen and oxygen atoms in total. The minimum atomic E-state index is -0.978. The summed E-state index contributed by atoms with van der Waals surface area (Å²) in [7, 11) is 1.72. The predicted molar refractivity (Wildman–Crippen MR) is 39.6 cm³/mol. The zero-order valence-electron chi connectivity index (χ0n) is 6.32. The third-order valence-corrected chi connectivity index (χ3v) is 1.05. The van der Waals surface area contributed by atoms with Crippen molar-refractivity contribution in [2.24, 2.45) is 0 Å². The van der Waals surface area contributed by atoms with E-state index in [9.17, 15) is 4.79 Å². The Balaban J connectivity index is 3.61. The van der Waals surface area contributed by atoms with Crippen LogP contribution in [-0.2, 0) is 4.79 Å². The van der Waals surface area contributed by atoms with E-state index in [4.69, 9.17) is 10.4 Å². The Hall–Kier alpha value is -1.50. The first kappa shape index (κ1) is 9.50. The van der Waals surface area contributed by atoms with Gasteiger partial charge < -0.3 is 10.0 Å². The predicted octanol–water partition coefficient (Wildman–Crippen LogP) is 0.430. The first-order chi connectivity index (χ1) is 5.16. The molecule has 4 heteroatoms. The van der Waals surface area contributed by atoms with Crippen LogP contribution in [0.2, 0.25) is 0 Å². The summed E-state index contributed by atoms with van der Waals surface area (Å²) >= 11 is 0. The Bertz CT molecular complexity index is 193. The first-order valence-electron chi connectivity index (χ1n) is 3.15. The molecular formula is C7H10N2O2. The van der Waals surface area contributed by atoms with Crippen LogP contribution in [-0.4, -0.2) is 29.6 Å². The van der Waals surface area contributed by atoms with Crippen LogP contribution in [0.1, 0.15) is 6.42 Å². The zero-order chi connectivity index (χ0) is 8.69. The second-order valence-electron chi connectivity index (χ2n) is 2.04. The van der Waals surface area contributed by atoms with Crippen LogP contribution in [0.4, 0.5) is 0 Å². The molecule has 0 unspecified atom stereocenters. The number of hydrogen-bond donors (Lipinski definition) is 1. The van der Waals surface area contributed by atoms with Crippen molar-refractivity contribution in [2.45, 2.75) is 6.42 Å². The molecule has 0 aromatic carbocycles.